The van der Waals surface area contributed by atoms with E-state index in [0.29, 0.717) is 17.4 Å². The molecule has 2 nitrogen and oxygen atoms in total. The van der Waals surface area contributed by atoms with Gasteiger partial charge in [0.25, 0.3) is 0 Å². The fourth-order valence-electron chi connectivity index (χ4n) is 5.79. The summed E-state index contributed by atoms with van der Waals surface area (Å²) in [5, 5.41) is 19.6. The molecule has 2 saturated carbocycles. The zero-order chi connectivity index (χ0) is 20.2. The molecule has 0 radical (unpaired) electrons. The first-order chi connectivity index (χ1) is 14.2. The van der Waals surface area contributed by atoms with Gasteiger partial charge >= 0.3 is 0 Å². The molecule has 2 aromatic rings. The third kappa shape index (κ3) is 4.52. The van der Waals surface area contributed by atoms with E-state index in [9.17, 15) is 10.2 Å². The van der Waals surface area contributed by atoms with E-state index in [1.165, 1.54) is 61.6 Å². The molecule has 2 aliphatic rings. The number of rotatable bonds is 6. The Hall–Kier alpha value is -2.22. The number of benzene rings is 2. The van der Waals surface area contributed by atoms with E-state index in [0.717, 1.165) is 24.7 Å². The maximum absolute atomic E-state index is 9.81. The number of hydrogen-bond donors (Lipinski definition) is 2. The lowest BCUT2D eigenvalue weighted by molar-refractivity contribution is 0.339. The van der Waals surface area contributed by atoms with Crippen molar-refractivity contribution in [3.63, 3.8) is 0 Å². The van der Waals surface area contributed by atoms with Crippen LogP contribution in [0.3, 0.4) is 0 Å². The van der Waals surface area contributed by atoms with Crippen LogP contribution in [0, 0.1) is 17.8 Å². The summed E-state index contributed by atoms with van der Waals surface area (Å²) < 4.78 is 0. The van der Waals surface area contributed by atoms with E-state index in [-0.39, 0.29) is 0 Å². The van der Waals surface area contributed by atoms with Crippen molar-refractivity contribution in [3.8, 4) is 11.5 Å². The Morgan fingerprint density at radius 2 is 1.31 bits per heavy atom. The van der Waals surface area contributed by atoms with Crippen molar-refractivity contribution in [1.29, 1.82) is 0 Å². The Labute approximate surface area is 175 Å². The topological polar surface area (TPSA) is 40.5 Å². The highest BCUT2D eigenvalue weighted by molar-refractivity contribution is 5.83. The summed E-state index contributed by atoms with van der Waals surface area (Å²) in [5.74, 6) is 3.11. The van der Waals surface area contributed by atoms with E-state index in [1.807, 2.05) is 24.3 Å². The van der Waals surface area contributed by atoms with Crippen LogP contribution in [0.15, 0.2) is 54.1 Å². The quantitative estimate of drug-likeness (QED) is 0.543. The Kier molecular flexibility index (Phi) is 6.28. The van der Waals surface area contributed by atoms with E-state index in [2.05, 4.69) is 6.92 Å². The van der Waals surface area contributed by atoms with Crippen molar-refractivity contribution in [1.82, 2.24) is 0 Å². The lowest BCUT2D eigenvalue weighted by Crippen LogP contribution is -2.10. The molecular weight excluding hydrogens is 356 g/mol. The van der Waals surface area contributed by atoms with Gasteiger partial charge in [0.05, 0.1) is 0 Å². The van der Waals surface area contributed by atoms with Crippen molar-refractivity contribution >= 4 is 5.57 Å². The van der Waals surface area contributed by atoms with Crippen molar-refractivity contribution in [3.05, 3.63) is 65.2 Å². The van der Waals surface area contributed by atoms with Gasteiger partial charge in [0.2, 0.25) is 0 Å². The smallest absolute Gasteiger partial charge is 0.115 e. The van der Waals surface area contributed by atoms with Crippen LogP contribution < -0.4 is 0 Å². The maximum Gasteiger partial charge on any atom is 0.115 e. The molecule has 2 heteroatoms. The van der Waals surface area contributed by atoms with Crippen LogP contribution in [-0.2, 0) is 0 Å². The summed E-state index contributed by atoms with van der Waals surface area (Å²) in [6.45, 7) is 2.27. The highest BCUT2D eigenvalue weighted by atomic mass is 16.3. The monoisotopic (exact) mass is 390 g/mol. The van der Waals surface area contributed by atoms with Gasteiger partial charge in [0.15, 0.2) is 0 Å². The molecule has 0 aliphatic heterocycles. The van der Waals surface area contributed by atoms with Crippen LogP contribution in [0.25, 0.3) is 5.57 Å². The molecule has 2 aliphatic carbocycles. The van der Waals surface area contributed by atoms with E-state index < -0.39 is 0 Å². The van der Waals surface area contributed by atoms with Crippen molar-refractivity contribution in [2.75, 3.05) is 0 Å². The number of phenols is 2. The summed E-state index contributed by atoms with van der Waals surface area (Å²) in [4.78, 5) is 0. The minimum absolute atomic E-state index is 0.304. The standard InChI is InChI=1S/C27H34O2/c1-2-5-26(23-9-8-22(18-23)19-6-3-4-7-19)27(20-10-14-24(28)15-11-20)21-12-16-25(29)17-13-21/h10-17,19,22-23,28-29H,2-9,18H2,1H3. The highest BCUT2D eigenvalue weighted by Gasteiger charge is 2.34. The third-order valence-electron chi connectivity index (χ3n) is 7.18. The zero-order valence-electron chi connectivity index (χ0n) is 17.6. The second-order valence-corrected chi connectivity index (χ2v) is 9.06. The van der Waals surface area contributed by atoms with E-state index in [4.69, 9.17) is 0 Å². The van der Waals surface area contributed by atoms with Gasteiger partial charge in [0, 0.05) is 0 Å². The van der Waals surface area contributed by atoms with Crippen LogP contribution in [0.1, 0.15) is 75.8 Å². The molecule has 0 bridgehead atoms. The largest absolute Gasteiger partial charge is 0.508 e. The zero-order valence-corrected chi connectivity index (χ0v) is 17.6. The summed E-state index contributed by atoms with van der Waals surface area (Å²) in [7, 11) is 0. The summed E-state index contributed by atoms with van der Waals surface area (Å²) in [5.41, 5.74) is 5.22. The minimum Gasteiger partial charge on any atom is -0.508 e. The van der Waals surface area contributed by atoms with Gasteiger partial charge in [-0.05, 0) is 84.4 Å². The van der Waals surface area contributed by atoms with Crippen molar-refractivity contribution < 1.29 is 10.2 Å². The molecular formula is C27H34O2. The summed E-state index contributed by atoms with van der Waals surface area (Å²) in [6.07, 6.45) is 12.0. The van der Waals surface area contributed by atoms with Crippen LogP contribution in [0.5, 0.6) is 11.5 Å². The Morgan fingerprint density at radius 1 is 0.759 bits per heavy atom. The molecule has 0 heterocycles. The van der Waals surface area contributed by atoms with Crippen LogP contribution in [0.4, 0.5) is 0 Å². The third-order valence-corrected chi connectivity index (χ3v) is 7.18. The van der Waals surface area contributed by atoms with Crippen molar-refractivity contribution in [2.24, 2.45) is 17.8 Å². The van der Waals surface area contributed by atoms with Crippen LogP contribution in [-0.4, -0.2) is 10.2 Å². The lowest BCUT2D eigenvalue weighted by atomic mass is 9.82. The van der Waals surface area contributed by atoms with Gasteiger partial charge in [-0.25, -0.2) is 0 Å². The van der Waals surface area contributed by atoms with Gasteiger partial charge in [0.1, 0.15) is 11.5 Å². The Morgan fingerprint density at radius 3 is 1.83 bits per heavy atom. The predicted octanol–water partition coefficient (Wildman–Crippen LogP) is 7.31. The predicted molar refractivity (Wildman–Crippen MR) is 120 cm³/mol. The summed E-state index contributed by atoms with van der Waals surface area (Å²) in [6, 6.07) is 15.3. The van der Waals surface area contributed by atoms with Gasteiger partial charge in [-0.15, -0.1) is 0 Å². The van der Waals surface area contributed by atoms with Crippen LogP contribution >= 0.6 is 0 Å². The molecule has 29 heavy (non-hydrogen) atoms. The molecule has 0 spiro atoms. The Balaban J connectivity index is 1.74. The molecule has 154 valence electrons. The number of aromatic hydroxyl groups is 2. The molecule has 4 rings (SSSR count). The van der Waals surface area contributed by atoms with Crippen LogP contribution in [0.2, 0.25) is 0 Å². The molecule has 2 atom stereocenters. The van der Waals surface area contributed by atoms with Gasteiger partial charge in [-0.3, -0.25) is 0 Å². The summed E-state index contributed by atoms with van der Waals surface area (Å²) >= 11 is 0. The van der Waals surface area contributed by atoms with Gasteiger partial charge < -0.3 is 10.2 Å². The average molecular weight is 391 g/mol. The molecule has 0 amide bonds. The molecule has 2 unspecified atom stereocenters. The number of hydrogen-bond acceptors (Lipinski definition) is 2. The van der Waals surface area contributed by atoms with E-state index >= 15 is 0 Å². The SMILES string of the molecule is CCCC(=C(c1ccc(O)cc1)c1ccc(O)cc1)C1CCC(C2CCCC2)C1. The normalized spacial score (nSPS) is 22.1. The molecule has 0 aromatic heterocycles. The fourth-order valence-corrected chi connectivity index (χ4v) is 5.79. The number of phenolic OH excluding ortho intramolecular Hbond substituents is 2. The minimum atomic E-state index is 0.304. The molecule has 2 aromatic carbocycles. The second kappa shape index (κ2) is 9.07. The fraction of sp³-hybridized carbons (Fsp3) is 0.481. The average Bonchev–Trinajstić information content (AvgIpc) is 3.42. The van der Waals surface area contributed by atoms with E-state index in [1.54, 1.807) is 29.8 Å². The first-order valence-electron chi connectivity index (χ1n) is 11.5. The first-order valence-corrected chi connectivity index (χ1v) is 11.5. The second-order valence-electron chi connectivity index (χ2n) is 9.06. The van der Waals surface area contributed by atoms with Gasteiger partial charge in [-0.1, -0.05) is 68.9 Å². The highest BCUT2D eigenvalue weighted by Crippen LogP contribution is 2.48. The first kappa shape index (κ1) is 20.1. The molecule has 2 N–H and O–H groups in total. The van der Waals surface area contributed by atoms with Gasteiger partial charge in [-0.2, -0.15) is 0 Å². The molecule has 0 saturated heterocycles. The molecule has 2 fully saturated rings. The van der Waals surface area contributed by atoms with Crippen molar-refractivity contribution in [2.45, 2.75) is 64.7 Å². The Bertz CT molecular complexity index is 778. The lowest BCUT2D eigenvalue weighted by Gasteiger charge is -2.23. The maximum atomic E-state index is 9.81. The number of allylic oxidation sites excluding steroid dienone is 1.